The molecule has 0 saturated carbocycles. The number of phosphoric acid groups is 2. The summed E-state index contributed by atoms with van der Waals surface area (Å²) in [6, 6.07) is 22.8. The number of benzene rings is 4. The maximum Gasteiger partial charge on any atom is 0.530 e. The summed E-state index contributed by atoms with van der Waals surface area (Å²) in [5, 5.41) is 0. The molecule has 8 nitrogen and oxygen atoms in total. The molecule has 0 aromatic heterocycles. The van der Waals surface area contributed by atoms with E-state index in [-0.39, 0.29) is 24.7 Å². The van der Waals surface area contributed by atoms with E-state index in [9.17, 15) is 17.9 Å². The predicted molar refractivity (Wildman–Crippen MR) is 178 cm³/mol. The van der Waals surface area contributed by atoms with Crippen molar-refractivity contribution in [2.24, 2.45) is 0 Å². The zero-order valence-electron chi connectivity index (χ0n) is 26.8. The van der Waals surface area contributed by atoms with Gasteiger partial charge in [-0.1, -0.05) is 73.9 Å². The fourth-order valence-corrected chi connectivity index (χ4v) is 8.64. The normalized spacial score (nSPS) is 24.2. The van der Waals surface area contributed by atoms with Crippen molar-refractivity contribution in [1.29, 1.82) is 0 Å². The van der Waals surface area contributed by atoms with E-state index >= 15 is 0 Å². The van der Waals surface area contributed by atoms with E-state index in [2.05, 4.69) is 6.92 Å². The van der Waals surface area contributed by atoms with Gasteiger partial charge in [0.25, 0.3) is 0 Å². The van der Waals surface area contributed by atoms with Crippen molar-refractivity contribution in [2.45, 2.75) is 64.6 Å². The summed E-state index contributed by atoms with van der Waals surface area (Å²) in [5.74, 6) is -0.636. The third-order valence-corrected chi connectivity index (χ3v) is 11.0. The van der Waals surface area contributed by atoms with E-state index in [0.29, 0.717) is 41.5 Å². The van der Waals surface area contributed by atoms with Gasteiger partial charge in [0.1, 0.15) is 23.1 Å². The fraction of sp³-hybridized carbons (Fsp3) is 0.333. The van der Waals surface area contributed by atoms with E-state index in [1.54, 1.807) is 36.4 Å². The van der Waals surface area contributed by atoms with Gasteiger partial charge < -0.3 is 9.05 Å². The van der Waals surface area contributed by atoms with Crippen LogP contribution in [-0.4, -0.2) is 13.2 Å². The van der Waals surface area contributed by atoms with E-state index < -0.39 is 39.5 Å². The summed E-state index contributed by atoms with van der Waals surface area (Å²) in [6.45, 7) is 4.12. The predicted octanol–water partition coefficient (Wildman–Crippen LogP) is 11.0. The number of unbranched alkanes of at least 4 members (excludes halogenated alkanes) is 2. The van der Waals surface area contributed by atoms with Crippen LogP contribution in [0.5, 0.6) is 11.5 Å². The molecule has 12 heteroatoms. The highest BCUT2D eigenvalue weighted by Crippen LogP contribution is 2.61. The van der Waals surface area contributed by atoms with Crippen molar-refractivity contribution in [3.05, 3.63) is 119 Å². The smallest absolute Gasteiger partial charge is 0.403 e. The number of rotatable bonds is 11. The molecule has 6 rings (SSSR count). The van der Waals surface area contributed by atoms with E-state index in [1.807, 2.05) is 31.2 Å². The molecule has 0 bridgehead atoms. The van der Waals surface area contributed by atoms with Crippen LogP contribution in [0.15, 0.2) is 84.9 Å². The van der Waals surface area contributed by atoms with Crippen LogP contribution in [0.2, 0.25) is 0 Å². The van der Waals surface area contributed by atoms with Gasteiger partial charge in [0, 0.05) is 12.8 Å². The lowest BCUT2D eigenvalue weighted by Crippen LogP contribution is -2.18. The van der Waals surface area contributed by atoms with Gasteiger partial charge in [-0.25, -0.2) is 17.9 Å². The number of phosphoric ester groups is 2. The minimum absolute atomic E-state index is 0.0517. The van der Waals surface area contributed by atoms with Crippen LogP contribution in [0.3, 0.4) is 0 Å². The maximum atomic E-state index is 14.1. The van der Waals surface area contributed by atoms with Gasteiger partial charge in [-0.3, -0.25) is 18.1 Å². The fourth-order valence-electron chi connectivity index (χ4n) is 5.82. The summed E-state index contributed by atoms with van der Waals surface area (Å²) >= 11 is 0. The molecule has 254 valence electrons. The average molecular weight is 699 g/mol. The molecule has 4 unspecified atom stereocenters. The first-order valence-corrected chi connectivity index (χ1v) is 19.0. The van der Waals surface area contributed by atoms with Gasteiger partial charge in [0.15, 0.2) is 0 Å². The first-order valence-electron chi connectivity index (χ1n) is 16.1. The van der Waals surface area contributed by atoms with Crippen molar-refractivity contribution in [1.82, 2.24) is 0 Å². The van der Waals surface area contributed by atoms with Crippen LogP contribution in [-0.2, 0) is 33.6 Å². The van der Waals surface area contributed by atoms with Crippen molar-refractivity contribution in [3.63, 3.8) is 0 Å². The second kappa shape index (κ2) is 15.0. The Kier molecular flexibility index (Phi) is 10.8. The maximum absolute atomic E-state index is 14.1. The van der Waals surface area contributed by atoms with Crippen molar-refractivity contribution < 1.29 is 45.1 Å². The van der Waals surface area contributed by atoms with E-state index in [0.717, 1.165) is 30.4 Å². The molecule has 0 N–H and O–H groups in total. The molecule has 0 amide bonds. The Morgan fingerprint density at radius 3 is 1.77 bits per heavy atom. The van der Waals surface area contributed by atoms with Gasteiger partial charge in [-0.05, 0) is 78.4 Å². The van der Waals surface area contributed by atoms with E-state index in [4.69, 9.17) is 27.1 Å². The number of aryl methyl sites for hydroxylation is 2. The Labute approximate surface area is 279 Å². The summed E-state index contributed by atoms with van der Waals surface area (Å²) in [7, 11) is -8.52. The molecule has 2 aliphatic rings. The Bertz CT molecular complexity index is 1750. The van der Waals surface area contributed by atoms with Crippen LogP contribution in [0.25, 0.3) is 11.1 Å². The Hall–Kier alpha value is -3.36. The Balaban J connectivity index is 1.40. The Morgan fingerprint density at radius 2 is 1.27 bits per heavy atom. The largest absolute Gasteiger partial charge is 0.530 e. The highest BCUT2D eigenvalue weighted by Gasteiger charge is 2.41. The third kappa shape index (κ3) is 8.43. The van der Waals surface area contributed by atoms with Crippen LogP contribution in [0, 0.1) is 18.6 Å². The summed E-state index contributed by atoms with van der Waals surface area (Å²) in [5.41, 5.74) is 3.66. The summed E-state index contributed by atoms with van der Waals surface area (Å²) in [6.07, 6.45) is 2.64. The molecular weight excluding hydrogens is 660 g/mol. The van der Waals surface area contributed by atoms with Crippen molar-refractivity contribution in [3.8, 4) is 22.6 Å². The lowest BCUT2D eigenvalue weighted by molar-refractivity contribution is 0.0506. The SMILES string of the molecule is CCCCCc1cc(OP2(=O)OCCC(c3cccc(F)c3)O2)c(-c2cccc(C)c2)c(OP2(=O)OCCC(c3cccc(F)c3)O2)c1. The minimum Gasteiger partial charge on any atom is -0.403 e. The average Bonchev–Trinajstić information content (AvgIpc) is 3.04. The second-order valence-electron chi connectivity index (χ2n) is 11.9. The number of hydrogen-bond donors (Lipinski definition) is 0. The van der Waals surface area contributed by atoms with Gasteiger partial charge in [-0.15, -0.1) is 0 Å². The van der Waals surface area contributed by atoms with Gasteiger partial charge in [0.05, 0.1) is 31.0 Å². The number of halogens is 2. The summed E-state index contributed by atoms with van der Waals surface area (Å²) < 4.78 is 91.9. The van der Waals surface area contributed by atoms with E-state index in [1.165, 1.54) is 24.3 Å². The van der Waals surface area contributed by atoms with Crippen LogP contribution in [0.1, 0.15) is 73.5 Å². The van der Waals surface area contributed by atoms with Crippen molar-refractivity contribution in [2.75, 3.05) is 13.2 Å². The minimum atomic E-state index is -4.26. The topological polar surface area (TPSA) is 89.5 Å². The monoisotopic (exact) mass is 698 g/mol. The van der Waals surface area contributed by atoms with Crippen LogP contribution >= 0.6 is 15.6 Å². The molecular formula is C36H38F2O8P2. The molecule has 0 spiro atoms. The second-order valence-corrected chi connectivity index (χ2v) is 15.0. The molecule has 0 aliphatic carbocycles. The van der Waals surface area contributed by atoms with Gasteiger partial charge >= 0.3 is 15.6 Å². The highest BCUT2D eigenvalue weighted by atomic mass is 31.2. The first kappa shape index (κ1) is 34.5. The Morgan fingerprint density at radius 1 is 0.729 bits per heavy atom. The lowest BCUT2D eigenvalue weighted by Gasteiger charge is -2.31. The standard InChI is InChI=1S/C36H38F2O8P2/c1-3-4-5-10-26-21-34(45-47(39)41-18-16-32(43-47)27-11-7-14-30(37)23-27)36(29-13-6-9-25(2)20-29)35(22-26)46-48(40)42-19-17-33(44-48)28-12-8-15-31(38)24-28/h6-9,11-15,20-24,32-33H,3-5,10,16-19H2,1-2H3. The molecule has 4 atom stereocenters. The molecule has 2 fully saturated rings. The number of hydrogen-bond acceptors (Lipinski definition) is 8. The van der Waals surface area contributed by atoms with Crippen LogP contribution < -0.4 is 9.05 Å². The van der Waals surface area contributed by atoms with Gasteiger partial charge in [-0.2, -0.15) is 0 Å². The van der Waals surface area contributed by atoms with Crippen LogP contribution in [0.4, 0.5) is 8.78 Å². The molecule has 2 aliphatic heterocycles. The highest BCUT2D eigenvalue weighted by molar-refractivity contribution is 7.49. The molecule has 2 saturated heterocycles. The molecule has 48 heavy (non-hydrogen) atoms. The van der Waals surface area contributed by atoms with Gasteiger partial charge in [0.2, 0.25) is 0 Å². The molecule has 4 aromatic rings. The third-order valence-electron chi connectivity index (χ3n) is 8.13. The molecule has 4 aromatic carbocycles. The lowest BCUT2D eigenvalue weighted by atomic mass is 9.98. The summed E-state index contributed by atoms with van der Waals surface area (Å²) in [4.78, 5) is 0. The zero-order valence-corrected chi connectivity index (χ0v) is 28.6. The molecule has 0 radical (unpaired) electrons. The van der Waals surface area contributed by atoms with Crippen molar-refractivity contribution >= 4 is 15.6 Å². The zero-order chi connectivity index (χ0) is 33.7. The quantitative estimate of drug-likeness (QED) is 0.113. The first-order chi connectivity index (χ1) is 23.1. The molecule has 2 heterocycles.